The van der Waals surface area contributed by atoms with Crippen LogP contribution < -0.4 is 10.2 Å². The number of para-hydroxylation sites is 1. The molecule has 2 aliphatic rings. The predicted molar refractivity (Wildman–Crippen MR) is 130 cm³/mol. The van der Waals surface area contributed by atoms with E-state index in [1.54, 1.807) is 6.07 Å². The molecule has 3 heterocycles. The van der Waals surface area contributed by atoms with Crippen molar-refractivity contribution in [3.8, 4) is 0 Å². The van der Waals surface area contributed by atoms with Gasteiger partial charge in [-0.1, -0.05) is 36.7 Å². The summed E-state index contributed by atoms with van der Waals surface area (Å²) in [6.07, 6.45) is 2.27. The van der Waals surface area contributed by atoms with Crippen molar-refractivity contribution in [3.05, 3.63) is 70.1 Å². The molecule has 5 rings (SSSR count). The lowest BCUT2D eigenvalue weighted by molar-refractivity contribution is -0.138. The SMILES string of the molecule is CN1CCc2cc(F)c(Nc3ncc(Cl)c(N4CC(C)(CC(=O)O)c5ccccc54)n3)cc2C1. The maximum atomic E-state index is 14.8. The third-order valence-electron chi connectivity index (χ3n) is 6.61. The van der Waals surface area contributed by atoms with E-state index in [0.29, 0.717) is 23.1 Å². The number of halogens is 2. The first kappa shape index (κ1) is 22.6. The van der Waals surface area contributed by atoms with E-state index in [0.717, 1.165) is 41.9 Å². The topological polar surface area (TPSA) is 81.6 Å². The molecule has 0 radical (unpaired) electrons. The van der Waals surface area contributed by atoms with E-state index < -0.39 is 11.4 Å². The van der Waals surface area contributed by atoms with Crippen LogP contribution in [0.4, 0.5) is 27.5 Å². The lowest BCUT2D eigenvalue weighted by Gasteiger charge is -2.26. The molecule has 0 spiro atoms. The highest BCUT2D eigenvalue weighted by Crippen LogP contribution is 2.47. The molecule has 0 saturated carbocycles. The van der Waals surface area contributed by atoms with Gasteiger partial charge in [0, 0.05) is 30.7 Å². The third-order valence-corrected chi connectivity index (χ3v) is 6.88. The van der Waals surface area contributed by atoms with Crippen LogP contribution in [-0.2, 0) is 23.2 Å². The lowest BCUT2D eigenvalue weighted by atomic mass is 9.81. The standard InChI is InChI=1S/C25H25ClFN5O2/c1-25(11-22(33)34)14-32(21-6-4-3-5-17(21)25)23-18(26)12-28-24(30-23)29-20-10-16-13-31(2)8-7-15(16)9-19(20)27/h3-6,9-10,12H,7-8,11,13-14H2,1-2H3,(H,33,34)(H,28,29,30). The van der Waals surface area contributed by atoms with E-state index in [1.807, 2.05) is 49.2 Å². The molecule has 2 N–H and O–H groups in total. The lowest BCUT2D eigenvalue weighted by Crippen LogP contribution is -2.31. The van der Waals surface area contributed by atoms with E-state index in [-0.39, 0.29) is 18.2 Å². The Kier molecular flexibility index (Phi) is 5.65. The molecule has 9 heteroatoms. The average Bonchev–Trinajstić information content (AvgIpc) is 3.07. The minimum atomic E-state index is -0.871. The van der Waals surface area contributed by atoms with Crippen LogP contribution in [-0.4, -0.2) is 46.1 Å². The third kappa shape index (κ3) is 4.08. The number of rotatable bonds is 5. The molecule has 0 aliphatic carbocycles. The van der Waals surface area contributed by atoms with Crippen molar-refractivity contribution >= 4 is 40.7 Å². The number of aliphatic carboxylic acids is 1. The fraction of sp³-hybridized carbons (Fsp3) is 0.320. The Bertz CT molecular complexity index is 1290. The van der Waals surface area contributed by atoms with Crippen molar-refractivity contribution in [3.63, 3.8) is 0 Å². The molecule has 0 bridgehead atoms. The van der Waals surface area contributed by atoms with Crippen molar-refractivity contribution < 1.29 is 14.3 Å². The fourth-order valence-corrected chi connectivity index (χ4v) is 5.15. The van der Waals surface area contributed by atoms with Gasteiger partial charge in [0.1, 0.15) is 10.8 Å². The second kappa shape index (κ2) is 8.52. The van der Waals surface area contributed by atoms with Crippen molar-refractivity contribution in [2.45, 2.75) is 31.7 Å². The van der Waals surface area contributed by atoms with Crippen LogP contribution in [0.1, 0.15) is 30.0 Å². The summed E-state index contributed by atoms with van der Waals surface area (Å²) in [6.45, 7) is 3.98. The first-order chi connectivity index (χ1) is 16.2. The van der Waals surface area contributed by atoms with E-state index in [1.165, 1.54) is 6.20 Å². The minimum Gasteiger partial charge on any atom is -0.481 e. The predicted octanol–water partition coefficient (Wildman–Crippen LogP) is 4.88. The number of nitrogens with zero attached hydrogens (tertiary/aromatic N) is 4. The highest BCUT2D eigenvalue weighted by atomic mass is 35.5. The van der Waals surface area contributed by atoms with Crippen LogP contribution in [0.5, 0.6) is 0 Å². The number of hydrogen-bond donors (Lipinski definition) is 2. The molecule has 1 aromatic heterocycles. The number of hydrogen-bond acceptors (Lipinski definition) is 6. The maximum Gasteiger partial charge on any atom is 0.304 e. The van der Waals surface area contributed by atoms with Gasteiger partial charge in [-0.25, -0.2) is 9.37 Å². The largest absolute Gasteiger partial charge is 0.481 e. The number of fused-ring (bicyclic) bond motifs is 2. The molecule has 0 fully saturated rings. The number of carbonyl (C=O) groups is 1. The molecular formula is C25H25ClFN5O2. The van der Waals surface area contributed by atoms with Crippen LogP contribution in [0, 0.1) is 5.82 Å². The Labute approximate surface area is 202 Å². The van der Waals surface area contributed by atoms with Gasteiger partial charge in [-0.15, -0.1) is 0 Å². The van der Waals surface area contributed by atoms with Crippen LogP contribution in [0.15, 0.2) is 42.6 Å². The summed E-state index contributed by atoms with van der Waals surface area (Å²) >= 11 is 6.50. The molecule has 176 valence electrons. The Hall–Kier alpha value is -3.23. The summed E-state index contributed by atoms with van der Waals surface area (Å²) in [7, 11) is 2.04. The number of likely N-dealkylation sites (N-methyl/N-ethyl adjacent to an activating group) is 1. The molecular weight excluding hydrogens is 457 g/mol. The van der Waals surface area contributed by atoms with Gasteiger partial charge < -0.3 is 20.2 Å². The van der Waals surface area contributed by atoms with Gasteiger partial charge in [0.25, 0.3) is 0 Å². The summed E-state index contributed by atoms with van der Waals surface area (Å²) in [5.74, 6) is -0.571. The summed E-state index contributed by atoms with van der Waals surface area (Å²) in [4.78, 5) is 24.5. The van der Waals surface area contributed by atoms with Gasteiger partial charge in [-0.3, -0.25) is 4.79 Å². The van der Waals surface area contributed by atoms with Crippen LogP contribution in [0.3, 0.4) is 0 Å². The smallest absolute Gasteiger partial charge is 0.304 e. The zero-order chi connectivity index (χ0) is 24.0. The molecule has 7 nitrogen and oxygen atoms in total. The highest BCUT2D eigenvalue weighted by molar-refractivity contribution is 6.33. The minimum absolute atomic E-state index is 0.0247. The molecule has 1 unspecified atom stereocenters. The molecule has 1 atom stereocenters. The van der Waals surface area contributed by atoms with Gasteiger partial charge in [0.05, 0.1) is 18.3 Å². The maximum absolute atomic E-state index is 14.8. The van der Waals surface area contributed by atoms with Gasteiger partial charge in [0.2, 0.25) is 5.95 Å². The Morgan fingerprint density at radius 1 is 1.29 bits per heavy atom. The molecule has 2 aromatic carbocycles. The van der Waals surface area contributed by atoms with Gasteiger partial charge in [0.15, 0.2) is 5.82 Å². The normalized spacial score (nSPS) is 19.6. The van der Waals surface area contributed by atoms with Crippen molar-refractivity contribution in [2.75, 3.05) is 30.4 Å². The number of aromatic nitrogens is 2. The van der Waals surface area contributed by atoms with E-state index in [4.69, 9.17) is 11.6 Å². The molecule has 0 amide bonds. The Morgan fingerprint density at radius 2 is 2.09 bits per heavy atom. The van der Waals surface area contributed by atoms with Crippen LogP contribution in [0.25, 0.3) is 0 Å². The van der Waals surface area contributed by atoms with Crippen LogP contribution in [0.2, 0.25) is 5.02 Å². The summed E-state index contributed by atoms with van der Waals surface area (Å²) in [5, 5.41) is 12.8. The Morgan fingerprint density at radius 3 is 2.88 bits per heavy atom. The second-order valence-electron chi connectivity index (χ2n) is 9.31. The monoisotopic (exact) mass is 481 g/mol. The first-order valence-corrected chi connectivity index (χ1v) is 11.5. The number of anilines is 4. The Balaban J connectivity index is 1.49. The van der Waals surface area contributed by atoms with E-state index >= 15 is 0 Å². The molecule has 2 aliphatic heterocycles. The van der Waals surface area contributed by atoms with E-state index in [9.17, 15) is 14.3 Å². The molecule has 0 saturated heterocycles. The average molecular weight is 482 g/mol. The van der Waals surface area contributed by atoms with Gasteiger partial charge in [-0.2, -0.15) is 4.98 Å². The van der Waals surface area contributed by atoms with Crippen LogP contribution >= 0.6 is 11.6 Å². The summed E-state index contributed by atoms with van der Waals surface area (Å²) in [5.41, 5.74) is 3.56. The molecule has 3 aromatic rings. The van der Waals surface area contributed by atoms with Crippen molar-refractivity contribution in [1.82, 2.24) is 14.9 Å². The van der Waals surface area contributed by atoms with E-state index in [2.05, 4.69) is 20.2 Å². The van der Waals surface area contributed by atoms with Crippen molar-refractivity contribution in [2.24, 2.45) is 0 Å². The zero-order valence-corrected chi connectivity index (χ0v) is 19.7. The van der Waals surface area contributed by atoms with Gasteiger partial charge >= 0.3 is 5.97 Å². The first-order valence-electron chi connectivity index (χ1n) is 11.1. The zero-order valence-electron chi connectivity index (χ0n) is 19.0. The second-order valence-corrected chi connectivity index (χ2v) is 9.72. The molecule has 34 heavy (non-hydrogen) atoms. The highest BCUT2D eigenvalue weighted by Gasteiger charge is 2.42. The fourth-order valence-electron chi connectivity index (χ4n) is 4.96. The number of carboxylic acid groups (broad SMARTS) is 1. The van der Waals surface area contributed by atoms with Gasteiger partial charge in [-0.05, 0) is 48.4 Å². The number of benzene rings is 2. The number of carboxylic acids is 1. The summed E-state index contributed by atoms with van der Waals surface area (Å²) < 4.78 is 14.8. The quantitative estimate of drug-likeness (QED) is 0.537. The summed E-state index contributed by atoms with van der Waals surface area (Å²) in [6, 6.07) is 11.0. The number of nitrogens with one attached hydrogen (secondary N) is 1. The van der Waals surface area contributed by atoms with Crippen molar-refractivity contribution in [1.29, 1.82) is 0 Å².